The third-order valence-electron chi connectivity index (χ3n) is 4.36. The van der Waals surface area contributed by atoms with E-state index in [2.05, 4.69) is 41.7 Å². The summed E-state index contributed by atoms with van der Waals surface area (Å²) in [6.45, 7) is 4.26. The second-order valence-corrected chi connectivity index (χ2v) is 8.07. The van der Waals surface area contributed by atoms with E-state index < -0.39 is 6.10 Å². The molecule has 2 aromatic carbocycles. The fraction of sp³-hybridized carbons (Fsp3) is 0.368. The molecule has 0 aliphatic carbocycles. The largest absolute Gasteiger partial charge is 0.490 e. The highest BCUT2D eigenvalue weighted by atomic mass is 79.9. The molecule has 3 rings (SSSR count). The van der Waals surface area contributed by atoms with Gasteiger partial charge in [0.1, 0.15) is 24.3 Å². The molecule has 0 radical (unpaired) electrons. The molecular weight excluding hydrogens is 467 g/mol. The molecule has 7 heteroatoms. The highest BCUT2D eigenvalue weighted by Gasteiger charge is 2.20. The minimum absolute atomic E-state index is 0.215. The molecule has 0 spiro atoms. The van der Waals surface area contributed by atoms with Crippen molar-refractivity contribution in [2.24, 2.45) is 0 Å². The molecule has 1 aliphatic heterocycles. The zero-order valence-corrected chi connectivity index (χ0v) is 17.4. The number of aliphatic hydroxyl groups is 1. The number of β-amino-alcohol motifs (C(OH)–C–C–N with tert-alkyl or cyclic N) is 1. The molecule has 1 atom stereocenters. The van der Waals surface area contributed by atoms with Crippen molar-refractivity contribution in [1.82, 2.24) is 4.90 Å². The molecule has 1 fully saturated rings. The standard InChI is InChI=1S/C19H21Br2FN2O2/c20-14-1-6-19(18(21)11-14)26-13-17(25)12-23-7-9-24(10-8-23)16-4-2-15(22)3-5-16/h1-6,11,17,25H,7-10,12-13H2/t17-/m0/s1. The van der Waals surface area contributed by atoms with E-state index in [0.29, 0.717) is 12.3 Å². The summed E-state index contributed by atoms with van der Waals surface area (Å²) in [7, 11) is 0. The zero-order chi connectivity index (χ0) is 18.5. The van der Waals surface area contributed by atoms with Crippen molar-refractivity contribution in [3.63, 3.8) is 0 Å². The van der Waals surface area contributed by atoms with Crippen LogP contribution in [0, 0.1) is 5.82 Å². The van der Waals surface area contributed by atoms with Crippen LogP contribution < -0.4 is 9.64 Å². The summed E-state index contributed by atoms with van der Waals surface area (Å²) >= 11 is 6.86. The van der Waals surface area contributed by atoms with E-state index in [1.165, 1.54) is 12.1 Å². The molecule has 2 aromatic rings. The minimum atomic E-state index is -0.553. The molecule has 0 aromatic heterocycles. The average molecular weight is 488 g/mol. The smallest absolute Gasteiger partial charge is 0.133 e. The van der Waals surface area contributed by atoms with E-state index in [4.69, 9.17) is 4.74 Å². The lowest BCUT2D eigenvalue weighted by atomic mass is 10.2. The van der Waals surface area contributed by atoms with Crippen molar-refractivity contribution in [2.75, 3.05) is 44.2 Å². The first-order valence-electron chi connectivity index (χ1n) is 8.50. The first-order chi connectivity index (χ1) is 12.5. The number of nitrogens with zero attached hydrogens (tertiary/aromatic N) is 2. The van der Waals surface area contributed by atoms with Crippen LogP contribution in [0.2, 0.25) is 0 Å². The summed E-state index contributed by atoms with van der Waals surface area (Å²) in [5.74, 6) is 0.501. The van der Waals surface area contributed by atoms with Gasteiger partial charge in [0.05, 0.1) is 4.47 Å². The lowest BCUT2D eigenvalue weighted by Gasteiger charge is -2.36. The molecule has 140 valence electrons. The van der Waals surface area contributed by atoms with Crippen molar-refractivity contribution >= 4 is 37.5 Å². The maximum atomic E-state index is 13.0. The molecule has 4 nitrogen and oxygen atoms in total. The number of aliphatic hydroxyl groups excluding tert-OH is 1. The lowest BCUT2D eigenvalue weighted by Crippen LogP contribution is -2.49. The Hall–Kier alpha value is -1.15. The van der Waals surface area contributed by atoms with Crippen LogP contribution in [0.4, 0.5) is 10.1 Å². The van der Waals surface area contributed by atoms with Gasteiger partial charge in [-0.2, -0.15) is 0 Å². The van der Waals surface area contributed by atoms with Crippen molar-refractivity contribution in [3.8, 4) is 5.75 Å². The number of piperazine rings is 1. The predicted octanol–water partition coefficient (Wildman–Crippen LogP) is 3.91. The first kappa shape index (κ1) is 19.6. The van der Waals surface area contributed by atoms with E-state index in [1.54, 1.807) is 0 Å². The van der Waals surface area contributed by atoms with Crippen molar-refractivity contribution in [3.05, 3.63) is 57.2 Å². The van der Waals surface area contributed by atoms with Crippen LogP contribution in [0.5, 0.6) is 5.75 Å². The van der Waals surface area contributed by atoms with Crippen LogP contribution in [0.3, 0.4) is 0 Å². The number of benzene rings is 2. The molecule has 1 heterocycles. The summed E-state index contributed by atoms with van der Waals surface area (Å²) in [4.78, 5) is 4.46. The monoisotopic (exact) mass is 486 g/mol. The highest BCUT2D eigenvalue weighted by Crippen LogP contribution is 2.28. The average Bonchev–Trinajstić information content (AvgIpc) is 2.62. The van der Waals surface area contributed by atoms with Crippen LogP contribution in [-0.4, -0.2) is 55.4 Å². The van der Waals surface area contributed by atoms with Gasteiger partial charge in [0.25, 0.3) is 0 Å². The third kappa shape index (κ3) is 5.42. The van der Waals surface area contributed by atoms with Gasteiger partial charge in [-0.3, -0.25) is 4.90 Å². The van der Waals surface area contributed by atoms with Gasteiger partial charge < -0.3 is 14.7 Å². The van der Waals surface area contributed by atoms with Gasteiger partial charge in [0.15, 0.2) is 0 Å². The number of hydrogen-bond acceptors (Lipinski definition) is 4. The van der Waals surface area contributed by atoms with Gasteiger partial charge in [0.2, 0.25) is 0 Å². The Labute approximate surface area is 169 Å². The molecular formula is C19H21Br2FN2O2. The quantitative estimate of drug-likeness (QED) is 0.670. The van der Waals surface area contributed by atoms with Gasteiger partial charge in [-0.1, -0.05) is 15.9 Å². The van der Waals surface area contributed by atoms with E-state index in [1.807, 2.05) is 30.3 Å². The van der Waals surface area contributed by atoms with Crippen molar-refractivity contribution in [1.29, 1.82) is 0 Å². The fourth-order valence-electron chi connectivity index (χ4n) is 2.97. The number of rotatable bonds is 6. The van der Waals surface area contributed by atoms with Crippen LogP contribution in [-0.2, 0) is 0 Å². The minimum Gasteiger partial charge on any atom is -0.490 e. The predicted molar refractivity (Wildman–Crippen MR) is 108 cm³/mol. The van der Waals surface area contributed by atoms with Crippen molar-refractivity contribution in [2.45, 2.75) is 6.10 Å². The van der Waals surface area contributed by atoms with Gasteiger partial charge >= 0.3 is 0 Å². The number of halogens is 3. The van der Waals surface area contributed by atoms with E-state index in [-0.39, 0.29) is 12.4 Å². The third-order valence-corrected chi connectivity index (χ3v) is 5.47. The van der Waals surface area contributed by atoms with E-state index in [0.717, 1.165) is 40.8 Å². The first-order valence-corrected chi connectivity index (χ1v) is 10.1. The molecule has 26 heavy (non-hydrogen) atoms. The Morgan fingerprint density at radius 1 is 1.04 bits per heavy atom. The van der Waals surface area contributed by atoms with E-state index in [9.17, 15) is 9.50 Å². The molecule has 1 saturated heterocycles. The van der Waals surface area contributed by atoms with Crippen LogP contribution in [0.15, 0.2) is 51.4 Å². The van der Waals surface area contributed by atoms with Crippen LogP contribution in [0.25, 0.3) is 0 Å². The maximum Gasteiger partial charge on any atom is 0.133 e. The van der Waals surface area contributed by atoms with Crippen LogP contribution in [0.1, 0.15) is 0 Å². The van der Waals surface area contributed by atoms with Crippen molar-refractivity contribution < 1.29 is 14.2 Å². The Balaban J connectivity index is 1.43. The molecule has 0 saturated carbocycles. The molecule has 1 aliphatic rings. The lowest BCUT2D eigenvalue weighted by molar-refractivity contribution is 0.0660. The number of ether oxygens (including phenoxy) is 1. The SMILES string of the molecule is O[C@H](COc1ccc(Br)cc1Br)CN1CCN(c2ccc(F)cc2)CC1. The number of anilines is 1. The Bertz CT molecular complexity index is 722. The Morgan fingerprint density at radius 3 is 2.38 bits per heavy atom. The van der Waals surface area contributed by atoms with Gasteiger partial charge in [-0.25, -0.2) is 4.39 Å². The summed E-state index contributed by atoms with van der Waals surface area (Å²) in [6.07, 6.45) is -0.553. The van der Waals surface area contributed by atoms with Gasteiger partial charge in [0, 0.05) is 42.9 Å². The zero-order valence-electron chi connectivity index (χ0n) is 14.2. The summed E-state index contributed by atoms with van der Waals surface area (Å²) in [6, 6.07) is 12.3. The van der Waals surface area contributed by atoms with Crippen LogP contribution >= 0.6 is 31.9 Å². The second-order valence-electron chi connectivity index (χ2n) is 6.30. The normalized spacial score (nSPS) is 16.5. The summed E-state index contributed by atoms with van der Waals surface area (Å²) in [5.41, 5.74) is 1.04. The van der Waals surface area contributed by atoms with E-state index >= 15 is 0 Å². The Morgan fingerprint density at radius 2 is 1.73 bits per heavy atom. The topological polar surface area (TPSA) is 35.9 Å². The summed E-state index contributed by atoms with van der Waals surface area (Å²) in [5, 5.41) is 10.3. The molecule has 1 N–H and O–H groups in total. The molecule has 0 amide bonds. The molecule has 0 bridgehead atoms. The number of hydrogen-bond donors (Lipinski definition) is 1. The highest BCUT2D eigenvalue weighted by molar-refractivity contribution is 9.11. The maximum absolute atomic E-state index is 13.0. The Kier molecular flexibility index (Phi) is 6.92. The second kappa shape index (κ2) is 9.17. The van der Waals surface area contributed by atoms with Gasteiger partial charge in [-0.15, -0.1) is 0 Å². The summed E-state index contributed by atoms with van der Waals surface area (Å²) < 4.78 is 20.6. The fourth-order valence-corrected chi connectivity index (χ4v) is 4.13. The molecule has 0 unspecified atom stereocenters. The van der Waals surface area contributed by atoms with Gasteiger partial charge in [-0.05, 0) is 58.4 Å².